The fourth-order valence-corrected chi connectivity index (χ4v) is 3.76. The van der Waals surface area contributed by atoms with Gasteiger partial charge in [-0.2, -0.15) is 0 Å². The third-order valence-electron chi connectivity index (χ3n) is 5.58. The van der Waals surface area contributed by atoms with Crippen LogP contribution in [-0.4, -0.2) is 41.0 Å². The molecule has 7 heteroatoms. The van der Waals surface area contributed by atoms with Gasteiger partial charge in [0.15, 0.2) is 0 Å². The number of hydrogen-bond donors (Lipinski definition) is 2. The summed E-state index contributed by atoms with van der Waals surface area (Å²) in [7, 11) is 0. The third-order valence-corrected chi connectivity index (χ3v) is 5.58. The first kappa shape index (κ1) is 24.3. The normalized spacial score (nSPS) is 14.5. The van der Waals surface area contributed by atoms with Gasteiger partial charge < -0.3 is 20.3 Å². The van der Waals surface area contributed by atoms with Gasteiger partial charge in [-0.1, -0.05) is 48.5 Å². The van der Waals surface area contributed by atoms with Crippen molar-refractivity contribution in [2.75, 3.05) is 11.9 Å². The number of carbonyl (C=O) groups excluding carboxylic acids is 3. The number of ether oxygens (including phenoxy) is 1. The van der Waals surface area contributed by atoms with Crippen LogP contribution in [0.25, 0.3) is 0 Å². The van der Waals surface area contributed by atoms with Crippen molar-refractivity contribution in [1.82, 2.24) is 10.2 Å². The Balaban J connectivity index is 1.86. The molecule has 2 N–H and O–H groups in total. The Bertz CT molecular complexity index is 981. The Morgan fingerprint density at radius 1 is 1.03 bits per heavy atom. The summed E-state index contributed by atoms with van der Waals surface area (Å²) < 4.78 is 5.25. The van der Waals surface area contributed by atoms with Gasteiger partial charge in [0, 0.05) is 11.7 Å². The molecule has 0 aliphatic heterocycles. The first-order chi connectivity index (χ1) is 15.7. The van der Waals surface area contributed by atoms with Gasteiger partial charge >= 0.3 is 6.09 Å². The maximum atomic E-state index is 13.6. The lowest BCUT2D eigenvalue weighted by Crippen LogP contribution is -2.53. The average Bonchev–Trinajstić information content (AvgIpc) is 2.71. The Labute approximate surface area is 195 Å². The van der Waals surface area contributed by atoms with Crippen molar-refractivity contribution < 1.29 is 19.1 Å². The quantitative estimate of drug-likeness (QED) is 0.645. The zero-order valence-electron chi connectivity index (χ0n) is 19.8. The lowest BCUT2D eigenvalue weighted by molar-refractivity contribution is -0.143. The van der Waals surface area contributed by atoms with Crippen LogP contribution < -0.4 is 10.6 Å². The zero-order valence-corrected chi connectivity index (χ0v) is 19.8. The van der Waals surface area contributed by atoms with Crippen LogP contribution in [0.4, 0.5) is 10.5 Å². The second-order valence-corrected chi connectivity index (χ2v) is 9.36. The van der Waals surface area contributed by atoms with Gasteiger partial charge in [0.25, 0.3) is 5.91 Å². The molecule has 1 aliphatic carbocycles. The summed E-state index contributed by atoms with van der Waals surface area (Å²) in [6.07, 6.45) is 1.97. The molecule has 0 heterocycles. The van der Waals surface area contributed by atoms with Gasteiger partial charge in [0.1, 0.15) is 18.2 Å². The van der Waals surface area contributed by atoms with E-state index in [0.29, 0.717) is 5.69 Å². The van der Waals surface area contributed by atoms with E-state index in [0.717, 1.165) is 30.4 Å². The van der Waals surface area contributed by atoms with Crippen LogP contribution in [0.5, 0.6) is 0 Å². The minimum Gasteiger partial charge on any atom is -0.444 e. The van der Waals surface area contributed by atoms with Gasteiger partial charge in [0.05, 0.1) is 0 Å². The SMILES string of the molecule is Cc1ccccc1NC(=O)C(c1ccccc1)N(C(=O)CNC(=O)OC(C)(C)C)C1CCC1. The summed E-state index contributed by atoms with van der Waals surface area (Å²) in [4.78, 5) is 40.7. The first-order valence-corrected chi connectivity index (χ1v) is 11.3. The van der Waals surface area contributed by atoms with Crippen LogP contribution in [0.1, 0.15) is 57.2 Å². The van der Waals surface area contributed by atoms with Gasteiger partial charge in [-0.25, -0.2) is 4.79 Å². The number of aryl methyl sites for hydroxylation is 1. The number of nitrogens with zero attached hydrogens (tertiary/aromatic N) is 1. The smallest absolute Gasteiger partial charge is 0.408 e. The third kappa shape index (κ3) is 6.57. The van der Waals surface area contributed by atoms with Crippen molar-refractivity contribution in [3.63, 3.8) is 0 Å². The van der Waals surface area contributed by atoms with Gasteiger partial charge in [0.2, 0.25) is 5.91 Å². The number of anilines is 1. The number of alkyl carbamates (subject to hydrolysis) is 1. The molecule has 2 aromatic rings. The second kappa shape index (κ2) is 10.5. The summed E-state index contributed by atoms with van der Waals surface area (Å²) in [5.74, 6) is -0.604. The zero-order chi connectivity index (χ0) is 24.0. The van der Waals surface area contributed by atoms with Crippen LogP contribution in [0, 0.1) is 6.92 Å². The van der Waals surface area contributed by atoms with E-state index in [2.05, 4.69) is 10.6 Å². The minimum absolute atomic E-state index is 0.0641. The van der Waals surface area contributed by atoms with Crippen LogP contribution in [0.15, 0.2) is 54.6 Å². The summed E-state index contributed by atoms with van der Waals surface area (Å²) in [6, 6.07) is 15.9. The molecule has 33 heavy (non-hydrogen) atoms. The molecule has 1 unspecified atom stereocenters. The molecule has 1 saturated carbocycles. The van der Waals surface area contributed by atoms with Crippen molar-refractivity contribution in [2.24, 2.45) is 0 Å². The Kier molecular flexibility index (Phi) is 7.74. The van der Waals surface area contributed by atoms with Crippen LogP contribution in [0.3, 0.4) is 0 Å². The van der Waals surface area contributed by atoms with Crippen LogP contribution >= 0.6 is 0 Å². The van der Waals surface area contributed by atoms with Crippen LogP contribution in [-0.2, 0) is 14.3 Å². The predicted octanol–water partition coefficient (Wildman–Crippen LogP) is 4.58. The number of rotatable bonds is 7. The maximum absolute atomic E-state index is 13.6. The fourth-order valence-electron chi connectivity index (χ4n) is 3.76. The predicted molar refractivity (Wildman–Crippen MR) is 128 cm³/mol. The van der Waals surface area contributed by atoms with E-state index < -0.39 is 17.7 Å². The number of nitrogens with one attached hydrogen (secondary N) is 2. The Hall–Kier alpha value is -3.35. The second-order valence-electron chi connectivity index (χ2n) is 9.36. The molecule has 0 saturated heterocycles. The van der Waals surface area contributed by atoms with E-state index in [1.54, 1.807) is 25.7 Å². The van der Waals surface area contributed by atoms with E-state index >= 15 is 0 Å². The number of para-hydroxylation sites is 1. The molecule has 1 atom stereocenters. The van der Waals surface area contributed by atoms with Gasteiger partial charge in [-0.3, -0.25) is 9.59 Å². The molecule has 3 rings (SSSR count). The highest BCUT2D eigenvalue weighted by atomic mass is 16.6. The van der Waals surface area contributed by atoms with Gasteiger partial charge in [-0.05, 0) is 64.2 Å². The topological polar surface area (TPSA) is 87.7 Å². The van der Waals surface area contributed by atoms with E-state index in [9.17, 15) is 14.4 Å². The van der Waals surface area contributed by atoms with E-state index in [1.165, 1.54) is 0 Å². The molecule has 3 amide bonds. The fraction of sp³-hybridized carbons (Fsp3) is 0.423. The molecule has 0 spiro atoms. The number of benzene rings is 2. The molecule has 1 aliphatic rings. The lowest BCUT2D eigenvalue weighted by Gasteiger charge is -2.42. The van der Waals surface area contributed by atoms with Crippen molar-refractivity contribution in [3.05, 3.63) is 65.7 Å². The number of hydrogen-bond acceptors (Lipinski definition) is 4. The van der Waals surface area contributed by atoms with Crippen molar-refractivity contribution in [2.45, 2.75) is 64.6 Å². The first-order valence-electron chi connectivity index (χ1n) is 11.3. The Morgan fingerprint density at radius 3 is 2.24 bits per heavy atom. The average molecular weight is 452 g/mol. The monoisotopic (exact) mass is 451 g/mol. The van der Waals surface area contributed by atoms with E-state index in [4.69, 9.17) is 4.74 Å². The van der Waals surface area contributed by atoms with E-state index in [1.807, 2.05) is 61.5 Å². The highest BCUT2D eigenvalue weighted by Gasteiger charge is 2.39. The summed E-state index contributed by atoms with van der Waals surface area (Å²) in [6.45, 7) is 6.96. The van der Waals surface area contributed by atoms with Crippen molar-refractivity contribution in [3.8, 4) is 0 Å². The lowest BCUT2D eigenvalue weighted by atomic mass is 9.88. The van der Waals surface area contributed by atoms with Crippen molar-refractivity contribution >= 4 is 23.6 Å². The molecule has 0 aromatic heterocycles. The minimum atomic E-state index is -0.816. The Morgan fingerprint density at radius 2 is 1.67 bits per heavy atom. The van der Waals surface area contributed by atoms with Crippen molar-refractivity contribution in [1.29, 1.82) is 0 Å². The largest absolute Gasteiger partial charge is 0.444 e. The molecule has 0 radical (unpaired) electrons. The molecule has 176 valence electrons. The molecule has 0 bridgehead atoms. The summed E-state index contributed by atoms with van der Waals surface area (Å²) in [5, 5.41) is 5.54. The molecular formula is C26H33N3O4. The highest BCUT2D eigenvalue weighted by Crippen LogP contribution is 2.33. The molecule has 7 nitrogen and oxygen atoms in total. The number of amides is 3. The van der Waals surface area contributed by atoms with Crippen LogP contribution in [0.2, 0.25) is 0 Å². The standard InChI is InChI=1S/C26H33N3O4/c1-18-11-8-9-16-21(18)28-24(31)23(19-12-6-5-7-13-19)29(20-14-10-15-20)22(30)17-27-25(32)33-26(2,3)4/h5-9,11-13,16,20,23H,10,14-15,17H2,1-4H3,(H,27,32)(H,28,31). The molecular weight excluding hydrogens is 418 g/mol. The summed E-state index contributed by atoms with van der Waals surface area (Å²) >= 11 is 0. The summed E-state index contributed by atoms with van der Waals surface area (Å²) in [5.41, 5.74) is 1.70. The number of carbonyl (C=O) groups is 3. The molecule has 1 fully saturated rings. The van der Waals surface area contributed by atoms with Gasteiger partial charge in [-0.15, -0.1) is 0 Å². The molecule has 2 aromatic carbocycles. The maximum Gasteiger partial charge on any atom is 0.408 e. The van der Waals surface area contributed by atoms with E-state index in [-0.39, 0.29) is 24.4 Å². The highest BCUT2D eigenvalue weighted by molar-refractivity contribution is 5.99.